The van der Waals surface area contributed by atoms with E-state index in [2.05, 4.69) is 9.55 Å². The molecule has 32 heavy (non-hydrogen) atoms. The van der Waals surface area contributed by atoms with E-state index in [4.69, 9.17) is 15.5 Å². The van der Waals surface area contributed by atoms with Crippen molar-refractivity contribution in [2.45, 2.75) is 32.4 Å². The van der Waals surface area contributed by atoms with Crippen LogP contribution in [0.3, 0.4) is 0 Å². The largest absolute Gasteiger partial charge is 0.368 e. The summed E-state index contributed by atoms with van der Waals surface area (Å²) >= 11 is 0. The first-order valence-electron chi connectivity index (χ1n) is 10.8. The van der Waals surface area contributed by atoms with Gasteiger partial charge in [0.25, 0.3) is 0 Å². The summed E-state index contributed by atoms with van der Waals surface area (Å²) in [4.78, 5) is 34.9. The van der Waals surface area contributed by atoms with Gasteiger partial charge in [-0.05, 0) is 37.6 Å². The lowest BCUT2D eigenvalue weighted by Crippen LogP contribution is -2.42. The molecule has 0 spiro atoms. The number of morpholine rings is 1. The van der Waals surface area contributed by atoms with E-state index in [1.54, 1.807) is 18.3 Å². The first-order chi connectivity index (χ1) is 15.5. The number of hydrogen-bond donors (Lipinski definition) is 1. The second-order valence-corrected chi connectivity index (χ2v) is 7.86. The number of aromatic nitrogens is 3. The highest BCUT2D eigenvalue weighted by Gasteiger charge is 2.26. The zero-order valence-electron chi connectivity index (χ0n) is 18.1. The number of carbonyl (C=O) groups excluding carboxylic acids is 2. The number of amides is 2. The van der Waals surface area contributed by atoms with Gasteiger partial charge in [-0.15, -0.1) is 0 Å². The molecule has 0 aliphatic carbocycles. The molecule has 166 valence electrons. The van der Waals surface area contributed by atoms with Crippen molar-refractivity contribution in [2.24, 2.45) is 5.73 Å². The Morgan fingerprint density at radius 3 is 2.72 bits per heavy atom. The van der Waals surface area contributed by atoms with Crippen molar-refractivity contribution in [3.8, 4) is 11.3 Å². The predicted molar refractivity (Wildman–Crippen MR) is 120 cm³/mol. The van der Waals surface area contributed by atoms with Crippen LogP contribution in [0.15, 0.2) is 54.9 Å². The molecule has 3 aromatic rings. The minimum absolute atomic E-state index is 0.134. The summed E-state index contributed by atoms with van der Waals surface area (Å²) in [5.74, 6) is 0.632. The van der Waals surface area contributed by atoms with Crippen LogP contribution in [0.2, 0.25) is 0 Å². The Labute approximate surface area is 187 Å². The van der Waals surface area contributed by atoms with Crippen molar-refractivity contribution in [3.63, 3.8) is 0 Å². The lowest BCUT2D eigenvalue weighted by atomic mass is 10.1. The summed E-state index contributed by atoms with van der Waals surface area (Å²) in [6, 6.07) is 12.8. The summed E-state index contributed by atoms with van der Waals surface area (Å²) in [7, 11) is 0. The highest BCUT2D eigenvalue weighted by Crippen LogP contribution is 2.25. The lowest BCUT2D eigenvalue weighted by molar-refractivity contribution is -0.139. The van der Waals surface area contributed by atoms with E-state index < -0.39 is 5.91 Å². The average Bonchev–Trinajstić information content (AvgIpc) is 3.24. The lowest BCUT2D eigenvalue weighted by Gasteiger charge is -2.33. The zero-order chi connectivity index (χ0) is 22.5. The number of nitrogens with zero attached hydrogens (tertiary/aromatic N) is 4. The number of pyridine rings is 1. The van der Waals surface area contributed by atoms with E-state index in [-0.39, 0.29) is 12.0 Å². The van der Waals surface area contributed by atoms with E-state index >= 15 is 0 Å². The topological polar surface area (TPSA) is 103 Å². The van der Waals surface area contributed by atoms with Crippen molar-refractivity contribution in [1.29, 1.82) is 0 Å². The van der Waals surface area contributed by atoms with E-state index in [0.717, 1.165) is 35.7 Å². The molecule has 8 nitrogen and oxygen atoms in total. The van der Waals surface area contributed by atoms with E-state index in [1.165, 1.54) is 0 Å². The van der Waals surface area contributed by atoms with Crippen molar-refractivity contribution < 1.29 is 14.3 Å². The number of ether oxygens (including phenoxy) is 1. The number of rotatable bonds is 7. The van der Waals surface area contributed by atoms with Crippen LogP contribution in [0.4, 0.5) is 0 Å². The Bertz CT molecular complexity index is 1090. The summed E-state index contributed by atoms with van der Waals surface area (Å²) in [6.45, 7) is 4.30. The average molecular weight is 434 g/mol. The normalized spacial score (nSPS) is 16.2. The van der Waals surface area contributed by atoms with Crippen LogP contribution in [0.5, 0.6) is 0 Å². The van der Waals surface area contributed by atoms with Gasteiger partial charge in [0.05, 0.1) is 24.5 Å². The summed E-state index contributed by atoms with van der Waals surface area (Å²) in [6.07, 6.45) is 4.70. The van der Waals surface area contributed by atoms with Gasteiger partial charge >= 0.3 is 0 Å². The third kappa shape index (κ3) is 5.03. The molecule has 1 aliphatic rings. The Hall–Kier alpha value is -3.52. The second-order valence-electron chi connectivity index (χ2n) is 7.86. The van der Waals surface area contributed by atoms with Crippen LogP contribution in [0, 0.1) is 6.92 Å². The summed E-state index contributed by atoms with van der Waals surface area (Å²) < 4.78 is 7.99. The minimum Gasteiger partial charge on any atom is -0.368 e. The van der Waals surface area contributed by atoms with Gasteiger partial charge in [-0.3, -0.25) is 9.59 Å². The second kappa shape index (κ2) is 9.74. The van der Waals surface area contributed by atoms with Gasteiger partial charge in [0.1, 0.15) is 11.9 Å². The number of hydrogen-bond acceptors (Lipinski definition) is 5. The highest BCUT2D eigenvalue weighted by atomic mass is 16.5. The van der Waals surface area contributed by atoms with Crippen LogP contribution >= 0.6 is 0 Å². The molecule has 0 unspecified atom stereocenters. The molecule has 0 bridgehead atoms. The van der Waals surface area contributed by atoms with Gasteiger partial charge in [0.2, 0.25) is 11.8 Å². The van der Waals surface area contributed by atoms with Crippen LogP contribution < -0.4 is 5.73 Å². The number of carbonyl (C=O) groups is 2. The van der Waals surface area contributed by atoms with Gasteiger partial charge in [-0.25, -0.2) is 9.97 Å². The molecule has 4 rings (SSSR count). The van der Waals surface area contributed by atoms with Crippen LogP contribution in [0.1, 0.15) is 40.8 Å². The van der Waals surface area contributed by atoms with Gasteiger partial charge < -0.3 is 19.9 Å². The monoisotopic (exact) mass is 433 g/mol. The molecule has 2 amide bonds. The van der Waals surface area contributed by atoms with Crippen LogP contribution in [0.25, 0.3) is 11.3 Å². The quantitative estimate of drug-likeness (QED) is 0.617. The molecule has 0 radical (unpaired) electrons. The maximum Gasteiger partial charge on any atom is 0.248 e. The maximum atomic E-state index is 12.8. The first-order valence-corrected chi connectivity index (χ1v) is 10.8. The third-order valence-corrected chi connectivity index (χ3v) is 5.70. The molecule has 3 heterocycles. The number of imidazole rings is 1. The van der Waals surface area contributed by atoms with E-state index in [9.17, 15) is 9.59 Å². The zero-order valence-corrected chi connectivity index (χ0v) is 18.1. The molecule has 2 N–H and O–H groups in total. The third-order valence-electron chi connectivity index (χ3n) is 5.70. The molecule has 1 fully saturated rings. The smallest absolute Gasteiger partial charge is 0.248 e. The maximum absolute atomic E-state index is 12.8. The van der Waals surface area contributed by atoms with Crippen molar-refractivity contribution >= 4 is 11.8 Å². The fourth-order valence-corrected chi connectivity index (χ4v) is 3.85. The molecular formula is C24H27N5O3. The molecule has 0 saturated carbocycles. The standard InChI is InChI=1S/C24H27N5O3/c1-17-26-11-13-28(17)12-3-6-23(30)29-14-15-32-22(16-29)21-5-2-4-20(27-21)18-7-9-19(10-8-18)24(25)31/h2,4-5,7-11,13,22H,3,6,12,14-16H2,1H3,(H2,25,31)/t22-/m1/s1. The number of aryl methyl sites for hydroxylation is 2. The van der Waals surface area contributed by atoms with Gasteiger partial charge in [-0.1, -0.05) is 18.2 Å². The number of primary amides is 1. The highest BCUT2D eigenvalue weighted by molar-refractivity contribution is 5.93. The SMILES string of the molecule is Cc1nccn1CCCC(=O)N1CCO[C@@H](c2cccc(-c3ccc(C(N)=O)cc3)n2)C1. The Morgan fingerprint density at radius 1 is 1.19 bits per heavy atom. The Balaban J connectivity index is 1.38. The predicted octanol–water partition coefficient (Wildman–Crippen LogP) is 2.73. The van der Waals surface area contributed by atoms with Crippen LogP contribution in [-0.2, 0) is 16.1 Å². The fraction of sp³-hybridized carbons (Fsp3) is 0.333. The summed E-state index contributed by atoms with van der Waals surface area (Å²) in [5.41, 5.74) is 8.22. The molecule has 1 atom stereocenters. The van der Waals surface area contributed by atoms with Crippen LogP contribution in [-0.4, -0.2) is 50.9 Å². The molecule has 2 aromatic heterocycles. The van der Waals surface area contributed by atoms with Gasteiger partial charge in [0.15, 0.2) is 0 Å². The number of benzene rings is 1. The van der Waals surface area contributed by atoms with Crippen molar-refractivity contribution in [2.75, 3.05) is 19.7 Å². The molecule has 1 saturated heterocycles. The molecule has 1 aromatic carbocycles. The van der Waals surface area contributed by atoms with Gasteiger partial charge in [0, 0.05) is 43.0 Å². The molecular weight excluding hydrogens is 406 g/mol. The van der Waals surface area contributed by atoms with Crippen molar-refractivity contribution in [3.05, 3.63) is 71.9 Å². The van der Waals surface area contributed by atoms with E-state index in [1.807, 2.05) is 48.4 Å². The fourth-order valence-electron chi connectivity index (χ4n) is 3.85. The number of nitrogens with two attached hydrogens (primary N) is 1. The minimum atomic E-state index is -0.459. The molecule has 8 heteroatoms. The first kappa shape index (κ1) is 21.7. The van der Waals surface area contributed by atoms with Crippen molar-refractivity contribution in [1.82, 2.24) is 19.4 Å². The summed E-state index contributed by atoms with van der Waals surface area (Å²) in [5, 5.41) is 0. The Kier molecular flexibility index (Phi) is 6.61. The Morgan fingerprint density at radius 2 is 2.00 bits per heavy atom. The van der Waals surface area contributed by atoms with Gasteiger partial charge in [-0.2, -0.15) is 0 Å². The molecule has 1 aliphatic heterocycles. The van der Waals surface area contributed by atoms with E-state index in [0.29, 0.717) is 31.7 Å².